The van der Waals surface area contributed by atoms with Gasteiger partial charge in [0, 0.05) is 0 Å². The first-order valence-corrected chi connectivity index (χ1v) is 7.52. The van der Waals surface area contributed by atoms with E-state index in [-0.39, 0.29) is 5.97 Å². The van der Waals surface area contributed by atoms with Gasteiger partial charge in [0.05, 0.1) is 16.6 Å². The highest BCUT2D eigenvalue weighted by Gasteiger charge is 2.12. The number of carbonyl (C=O) groups is 1. The summed E-state index contributed by atoms with van der Waals surface area (Å²) in [5.74, 6) is 0.871. The van der Waals surface area contributed by atoms with Crippen molar-refractivity contribution in [3.8, 4) is 11.5 Å². The second-order valence-electron chi connectivity index (χ2n) is 4.71. The Morgan fingerprint density at radius 2 is 1.86 bits per heavy atom. The van der Waals surface area contributed by atoms with Crippen LogP contribution in [0.4, 0.5) is 0 Å². The summed E-state index contributed by atoms with van der Waals surface area (Å²) in [5, 5.41) is 0. The van der Waals surface area contributed by atoms with Crippen molar-refractivity contribution in [2.45, 2.75) is 20.8 Å². The largest absolute Gasteiger partial charge is 0.493 e. The molecule has 21 heavy (non-hydrogen) atoms. The van der Waals surface area contributed by atoms with Crippen LogP contribution in [0.15, 0.2) is 40.9 Å². The molecule has 2 aromatic carbocycles. The Morgan fingerprint density at radius 1 is 1.10 bits per heavy atom. The molecule has 0 fully saturated rings. The van der Waals surface area contributed by atoms with Gasteiger partial charge in [0.2, 0.25) is 0 Å². The zero-order chi connectivity index (χ0) is 15.4. The molecule has 0 aliphatic rings. The first-order valence-electron chi connectivity index (χ1n) is 6.73. The molecule has 0 heterocycles. The van der Waals surface area contributed by atoms with Gasteiger partial charge in [-0.2, -0.15) is 0 Å². The highest BCUT2D eigenvalue weighted by atomic mass is 79.9. The van der Waals surface area contributed by atoms with Gasteiger partial charge in [-0.05, 0) is 78.2 Å². The highest BCUT2D eigenvalue weighted by molar-refractivity contribution is 9.10. The number of esters is 1. The lowest BCUT2D eigenvalue weighted by Gasteiger charge is -2.09. The van der Waals surface area contributed by atoms with Gasteiger partial charge >= 0.3 is 5.97 Å². The molecule has 0 amide bonds. The fourth-order valence-electron chi connectivity index (χ4n) is 1.84. The lowest BCUT2D eigenvalue weighted by Crippen LogP contribution is -2.09. The van der Waals surface area contributed by atoms with E-state index in [1.165, 1.54) is 5.56 Å². The van der Waals surface area contributed by atoms with Crippen molar-refractivity contribution in [1.82, 2.24) is 0 Å². The Balaban J connectivity index is 2.16. The van der Waals surface area contributed by atoms with E-state index in [1.54, 1.807) is 24.3 Å². The van der Waals surface area contributed by atoms with Crippen LogP contribution in [0.3, 0.4) is 0 Å². The van der Waals surface area contributed by atoms with E-state index >= 15 is 0 Å². The van der Waals surface area contributed by atoms with Crippen LogP contribution in [0, 0.1) is 13.8 Å². The molecule has 4 heteroatoms. The molecule has 2 aromatic rings. The maximum absolute atomic E-state index is 12.1. The third kappa shape index (κ3) is 3.85. The fraction of sp³-hybridized carbons (Fsp3) is 0.235. The van der Waals surface area contributed by atoms with Crippen molar-refractivity contribution < 1.29 is 14.3 Å². The topological polar surface area (TPSA) is 35.5 Å². The van der Waals surface area contributed by atoms with Gasteiger partial charge in [-0.3, -0.25) is 0 Å². The lowest BCUT2D eigenvalue weighted by molar-refractivity contribution is 0.0734. The molecule has 0 saturated carbocycles. The Morgan fingerprint density at radius 3 is 2.48 bits per heavy atom. The van der Waals surface area contributed by atoms with Crippen molar-refractivity contribution in [3.63, 3.8) is 0 Å². The van der Waals surface area contributed by atoms with Crippen molar-refractivity contribution >= 4 is 21.9 Å². The van der Waals surface area contributed by atoms with Crippen molar-refractivity contribution in [2.75, 3.05) is 6.61 Å². The average molecular weight is 349 g/mol. The summed E-state index contributed by atoms with van der Waals surface area (Å²) >= 11 is 3.39. The zero-order valence-corrected chi connectivity index (χ0v) is 13.9. The van der Waals surface area contributed by atoms with Crippen LogP contribution >= 0.6 is 15.9 Å². The average Bonchev–Trinajstić information content (AvgIpc) is 2.45. The predicted octanol–water partition coefficient (Wildman–Crippen LogP) is 4.68. The molecule has 2 rings (SSSR count). The minimum Gasteiger partial charge on any atom is -0.493 e. The first kappa shape index (κ1) is 15.6. The van der Waals surface area contributed by atoms with E-state index < -0.39 is 0 Å². The van der Waals surface area contributed by atoms with Gasteiger partial charge in [-0.1, -0.05) is 6.07 Å². The SMILES string of the molecule is CCOc1ccc(C(=O)Oc2ccc(C)c(C)c2)cc1Br. The van der Waals surface area contributed by atoms with Crippen LogP contribution in [-0.4, -0.2) is 12.6 Å². The Kier molecular flexibility index (Phi) is 5.02. The maximum atomic E-state index is 12.1. The minimum absolute atomic E-state index is 0.387. The first-order chi connectivity index (χ1) is 10.0. The Labute approximate surface area is 133 Å². The standard InChI is InChI=1S/C17H17BrO3/c1-4-20-16-8-6-13(10-15(16)18)17(19)21-14-7-5-11(2)12(3)9-14/h5-10H,4H2,1-3H3. The van der Waals surface area contributed by atoms with Crippen molar-refractivity contribution in [1.29, 1.82) is 0 Å². The van der Waals surface area contributed by atoms with E-state index in [4.69, 9.17) is 9.47 Å². The molecule has 3 nitrogen and oxygen atoms in total. The molecular formula is C17H17BrO3. The maximum Gasteiger partial charge on any atom is 0.343 e. The van der Waals surface area contributed by atoms with Crippen molar-refractivity contribution in [3.05, 3.63) is 57.6 Å². The van der Waals surface area contributed by atoms with E-state index in [2.05, 4.69) is 15.9 Å². The predicted molar refractivity (Wildman–Crippen MR) is 86.2 cm³/mol. The highest BCUT2D eigenvalue weighted by Crippen LogP contribution is 2.27. The van der Waals surface area contributed by atoms with Crippen LogP contribution in [0.2, 0.25) is 0 Å². The van der Waals surface area contributed by atoms with Crippen LogP contribution in [0.1, 0.15) is 28.4 Å². The van der Waals surface area contributed by atoms with Gasteiger partial charge in [-0.25, -0.2) is 4.79 Å². The van der Waals surface area contributed by atoms with Crippen LogP contribution in [0.25, 0.3) is 0 Å². The summed E-state index contributed by atoms with van der Waals surface area (Å²) in [6.45, 7) is 6.49. The Bertz CT molecular complexity index is 665. The summed E-state index contributed by atoms with van der Waals surface area (Å²) in [7, 11) is 0. The molecule has 0 saturated heterocycles. The number of aryl methyl sites for hydroxylation is 2. The molecule has 0 unspecified atom stereocenters. The van der Waals surface area contributed by atoms with E-state index in [1.807, 2.05) is 32.9 Å². The minimum atomic E-state index is -0.387. The van der Waals surface area contributed by atoms with Gasteiger partial charge < -0.3 is 9.47 Å². The summed E-state index contributed by atoms with van der Waals surface area (Å²) in [4.78, 5) is 12.1. The molecule has 0 aromatic heterocycles. The second-order valence-corrected chi connectivity index (χ2v) is 5.57. The van der Waals surface area contributed by atoms with Gasteiger partial charge in [0.1, 0.15) is 11.5 Å². The fourth-order valence-corrected chi connectivity index (χ4v) is 2.34. The van der Waals surface area contributed by atoms with Crippen LogP contribution in [0.5, 0.6) is 11.5 Å². The number of carbonyl (C=O) groups excluding carboxylic acids is 1. The molecule has 110 valence electrons. The number of benzene rings is 2. The lowest BCUT2D eigenvalue weighted by atomic mass is 10.1. The number of halogens is 1. The summed E-state index contributed by atoms with van der Waals surface area (Å²) in [6, 6.07) is 10.7. The second kappa shape index (κ2) is 6.76. The number of hydrogen-bond donors (Lipinski definition) is 0. The van der Waals surface area contributed by atoms with Crippen LogP contribution < -0.4 is 9.47 Å². The molecule has 0 atom stereocenters. The molecule has 0 aliphatic heterocycles. The quantitative estimate of drug-likeness (QED) is 0.594. The number of rotatable bonds is 4. The Hall–Kier alpha value is -1.81. The third-order valence-corrected chi connectivity index (χ3v) is 3.78. The molecule has 0 spiro atoms. The van der Waals surface area contributed by atoms with E-state index in [0.717, 1.165) is 10.0 Å². The molecular weight excluding hydrogens is 332 g/mol. The van der Waals surface area contributed by atoms with Crippen molar-refractivity contribution in [2.24, 2.45) is 0 Å². The van der Waals surface area contributed by atoms with E-state index in [9.17, 15) is 4.79 Å². The summed E-state index contributed by atoms with van der Waals surface area (Å²) in [6.07, 6.45) is 0. The van der Waals surface area contributed by atoms with Crippen LogP contribution in [-0.2, 0) is 0 Å². The molecule has 0 radical (unpaired) electrons. The normalized spacial score (nSPS) is 10.3. The van der Waals surface area contributed by atoms with Gasteiger partial charge in [0.15, 0.2) is 0 Å². The summed E-state index contributed by atoms with van der Waals surface area (Å²) in [5.41, 5.74) is 2.73. The smallest absolute Gasteiger partial charge is 0.343 e. The van der Waals surface area contributed by atoms with Gasteiger partial charge in [-0.15, -0.1) is 0 Å². The van der Waals surface area contributed by atoms with Gasteiger partial charge in [0.25, 0.3) is 0 Å². The molecule has 0 bridgehead atoms. The van der Waals surface area contributed by atoms with E-state index in [0.29, 0.717) is 23.7 Å². The third-order valence-electron chi connectivity index (χ3n) is 3.16. The number of ether oxygens (including phenoxy) is 2. The zero-order valence-electron chi connectivity index (χ0n) is 12.3. The molecule has 0 N–H and O–H groups in total. The monoisotopic (exact) mass is 348 g/mol. The molecule has 0 aliphatic carbocycles. The summed E-state index contributed by atoms with van der Waals surface area (Å²) < 4.78 is 11.5. The number of hydrogen-bond acceptors (Lipinski definition) is 3.